The van der Waals surface area contributed by atoms with E-state index >= 15 is 0 Å². The van der Waals surface area contributed by atoms with Crippen LogP contribution in [-0.2, 0) is 9.84 Å². The summed E-state index contributed by atoms with van der Waals surface area (Å²) in [6.45, 7) is 0. The average molecular weight is 350 g/mol. The molecule has 1 heterocycles. The van der Waals surface area contributed by atoms with Crippen LogP contribution in [0.2, 0.25) is 5.02 Å². The normalized spacial score (nSPS) is 11.3. The number of aromatic amines is 1. The zero-order valence-corrected chi connectivity index (χ0v) is 13.3. The van der Waals surface area contributed by atoms with E-state index in [-0.39, 0.29) is 26.7 Å². The highest BCUT2D eigenvalue weighted by atomic mass is 35.5. The van der Waals surface area contributed by atoms with Crippen molar-refractivity contribution < 1.29 is 8.42 Å². The van der Waals surface area contributed by atoms with Crippen molar-refractivity contribution >= 4 is 39.0 Å². The highest BCUT2D eigenvalue weighted by Crippen LogP contribution is 2.30. The number of sulfone groups is 1. The molecule has 0 saturated carbocycles. The molecule has 0 saturated heterocycles. The summed E-state index contributed by atoms with van der Waals surface area (Å²) in [5.74, 6) is 0.430. The van der Waals surface area contributed by atoms with Gasteiger partial charge in [0.05, 0.1) is 14.8 Å². The Hall–Kier alpha value is -2.58. The van der Waals surface area contributed by atoms with Gasteiger partial charge in [0.1, 0.15) is 0 Å². The summed E-state index contributed by atoms with van der Waals surface area (Å²) in [6, 6.07) is 12.6. The Labute approximate surface area is 137 Å². The molecule has 0 aliphatic heterocycles. The van der Waals surface area contributed by atoms with Crippen molar-refractivity contribution in [3.63, 3.8) is 0 Å². The first-order valence-corrected chi connectivity index (χ1v) is 8.37. The third kappa shape index (κ3) is 3.13. The molecular weight excluding hydrogens is 338 g/mol. The molecule has 0 bridgehead atoms. The van der Waals surface area contributed by atoms with Gasteiger partial charge in [-0.05, 0) is 30.3 Å². The van der Waals surface area contributed by atoms with Crippen molar-refractivity contribution in [2.45, 2.75) is 9.79 Å². The molecule has 0 amide bonds. The number of benzene rings is 2. The lowest BCUT2D eigenvalue weighted by atomic mass is 10.3. The van der Waals surface area contributed by atoms with Crippen molar-refractivity contribution in [1.29, 1.82) is 0 Å². The van der Waals surface area contributed by atoms with Crippen LogP contribution in [0.5, 0.6) is 0 Å². The Morgan fingerprint density at radius 2 is 1.87 bits per heavy atom. The van der Waals surface area contributed by atoms with Crippen LogP contribution in [0, 0.1) is 0 Å². The van der Waals surface area contributed by atoms with E-state index in [1.807, 2.05) is 0 Å². The Balaban J connectivity index is 1.93. The first kappa shape index (κ1) is 15.3. The number of halogens is 1. The molecule has 0 fully saturated rings. The Morgan fingerprint density at radius 3 is 2.48 bits per heavy atom. The monoisotopic (exact) mass is 349 g/mol. The molecule has 0 atom stereocenters. The predicted molar refractivity (Wildman–Crippen MR) is 87.4 cm³/mol. The van der Waals surface area contributed by atoms with E-state index < -0.39 is 9.84 Å². The van der Waals surface area contributed by atoms with E-state index in [4.69, 9.17) is 17.3 Å². The fourth-order valence-corrected chi connectivity index (χ4v) is 3.80. The van der Waals surface area contributed by atoms with Gasteiger partial charge >= 0.3 is 0 Å². The van der Waals surface area contributed by atoms with Crippen molar-refractivity contribution in [3.8, 4) is 0 Å². The first-order valence-electron chi connectivity index (χ1n) is 6.51. The third-order valence-electron chi connectivity index (χ3n) is 3.03. The molecule has 118 valence electrons. The topological polar surface area (TPSA) is 114 Å². The molecule has 0 unspecified atom stereocenters. The lowest BCUT2D eigenvalue weighted by Crippen LogP contribution is -2.03. The van der Waals surface area contributed by atoms with Crippen LogP contribution < -0.4 is 11.1 Å². The minimum absolute atomic E-state index is 0.0328. The standard InChI is InChI=1S/C14H12ClN5O2S/c15-11-8-9(17-14-18-13(16)19-20-14)6-7-12(11)23(21,22)10-4-2-1-3-5-10/h1-8H,(H4,16,17,18,19,20). The maximum absolute atomic E-state index is 12.6. The van der Waals surface area contributed by atoms with Crippen LogP contribution in [0.25, 0.3) is 0 Å². The first-order chi connectivity index (χ1) is 11.0. The molecule has 1 aromatic heterocycles. The summed E-state index contributed by atoms with van der Waals surface area (Å²) in [4.78, 5) is 4.11. The van der Waals surface area contributed by atoms with Crippen molar-refractivity contribution in [2.24, 2.45) is 0 Å². The second kappa shape index (κ2) is 5.90. The SMILES string of the molecule is Nc1nc(Nc2ccc(S(=O)(=O)c3ccccc3)c(Cl)c2)n[nH]1. The Kier molecular flexibility index (Phi) is 3.93. The summed E-state index contributed by atoms with van der Waals surface area (Å²) in [6.07, 6.45) is 0. The van der Waals surface area contributed by atoms with Gasteiger partial charge in [-0.1, -0.05) is 29.8 Å². The number of nitrogens with two attached hydrogens (primary N) is 1. The van der Waals surface area contributed by atoms with Gasteiger partial charge in [0.25, 0.3) is 0 Å². The molecular formula is C14H12ClN5O2S. The van der Waals surface area contributed by atoms with Gasteiger partial charge < -0.3 is 11.1 Å². The molecule has 3 aromatic rings. The lowest BCUT2D eigenvalue weighted by Gasteiger charge is -2.09. The largest absolute Gasteiger partial charge is 0.368 e. The van der Waals surface area contributed by atoms with Crippen LogP contribution >= 0.6 is 11.6 Å². The van der Waals surface area contributed by atoms with E-state index in [2.05, 4.69) is 20.5 Å². The van der Waals surface area contributed by atoms with Crippen LogP contribution in [0.1, 0.15) is 0 Å². The van der Waals surface area contributed by atoms with Crippen LogP contribution in [-0.4, -0.2) is 23.6 Å². The maximum atomic E-state index is 12.6. The number of H-pyrrole nitrogens is 1. The number of nitrogen functional groups attached to an aromatic ring is 1. The molecule has 4 N–H and O–H groups in total. The highest BCUT2D eigenvalue weighted by Gasteiger charge is 2.20. The van der Waals surface area contributed by atoms with E-state index in [1.165, 1.54) is 24.3 Å². The van der Waals surface area contributed by atoms with E-state index in [0.717, 1.165) is 0 Å². The number of rotatable bonds is 4. The van der Waals surface area contributed by atoms with Crippen molar-refractivity contribution in [1.82, 2.24) is 15.2 Å². The smallest absolute Gasteiger partial charge is 0.248 e. The zero-order chi connectivity index (χ0) is 16.4. The lowest BCUT2D eigenvalue weighted by molar-refractivity contribution is 0.596. The number of nitrogens with zero attached hydrogens (tertiary/aromatic N) is 2. The second-order valence-corrected chi connectivity index (χ2v) is 6.96. The number of nitrogens with one attached hydrogen (secondary N) is 2. The number of aromatic nitrogens is 3. The molecule has 7 nitrogen and oxygen atoms in total. The van der Waals surface area contributed by atoms with Gasteiger partial charge in [-0.3, -0.25) is 0 Å². The molecule has 0 spiro atoms. The van der Waals surface area contributed by atoms with Crippen molar-refractivity contribution in [2.75, 3.05) is 11.1 Å². The van der Waals surface area contributed by atoms with Gasteiger partial charge in [-0.2, -0.15) is 4.98 Å². The fraction of sp³-hybridized carbons (Fsp3) is 0. The predicted octanol–water partition coefficient (Wildman–Crippen LogP) is 2.62. The zero-order valence-electron chi connectivity index (χ0n) is 11.7. The minimum Gasteiger partial charge on any atom is -0.368 e. The molecule has 0 aliphatic rings. The Morgan fingerprint density at radius 1 is 1.13 bits per heavy atom. The maximum Gasteiger partial charge on any atom is 0.248 e. The van der Waals surface area contributed by atoms with Gasteiger partial charge in [-0.15, -0.1) is 5.10 Å². The third-order valence-corrected chi connectivity index (χ3v) is 5.29. The fourth-order valence-electron chi connectivity index (χ4n) is 1.98. The summed E-state index contributed by atoms with van der Waals surface area (Å²) in [7, 11) is -3.67. The van der Waals surface area contributed by atoms with E-state index in [9.17, 15) is 8.42 Å². The van der Waals surface area contributed by atoms with E-state index in [1.54, 1.807) is 24.3 Å². The average Bonchev–Trinajstić information content (AvgIpc) is 2.93. The molecule has 0 radical (unpaired) electrons. The Bertz CT molecular complexity index is 941. The summed E-state index contributed by atoms with van der Waals surface area (Å²) >= 11 is 6.14. The van der Waals surface area contributed by atoms with Crippen LogP contribution in [0.4, 0.5) is 17.6 Å². The number of hydrogen-bond acceptors (Lipinski definition) is 6. The summed E-state index contributed by atoms with van der Waals surface area (Å²) in [5.41, 5.74) is 5.98. The molecule has 3 rings (SSSR count). The van der Waals surface area contributed by atoms with Crippen molar-refractivity contribution in [3.05, 3.63) is 53.6 Å². The van der Waals surface area contributed by atoms with E-state index in [0.29, 0.717) is 5.69 Å². The molecule has 2 aromatic carbocycles. The van der Waals surface area contributed by atoms with Crippen LogP contribution in [0.3, 0.4) is 0 Å². The quantitative estimate of drug-likeness (QED) is 0.667. The van der Waals surface area contributed by atoms with Crippen LogP contribution in [0.15, 0.2) is 58.3 Å². The minimum atomic E-state index is -3.67. The van der Waals surface area contributed by atoms with Gasteiger partial charge in [0.15, 0.2) is 0 Å². The second-order valence-electron chi connectivity index (χ2n) is 4.63. The number of hydrogen-bond donors (Lipinski definition) is 3. The number of anilines is 3. The van der Waals surface area contributed by atoms with Gasteiger partial charge in [-0.25, -0.2) is 13.5 Å². The summed E-state index contributed by atoms with van der Waals surface area (Å²) < 4.78 is 25.2. The highest BCUT2D eigenvalue weighted by molar-refractivity contribution is 7.91. The summed E-state index contributed by atoms with van der Waals surface area (Å²) in [5, 5.41) is 9.28. The van der Waals surface area contributed by atoms with Gasteiger partial charge in [0.2, 0.25) is 21.7 Å². The molecule has 9 heteroatoms. The van der Waals surface area contributed by atoms with Gasteiger partial charge in [0, 0.05) is 5.69 Å². The molecule has 0 aliphatic carbocycles. The molecule has 23 heavy (non-hydrogen) atoms.